The van der Waals surface area contributed by atoms with Crippen LogP contribution in [0.2, 0.25) is 0 Å². The summed E-state index contributed by atoms with van der Waals surface area (Å²) in [6.07, 6.45) is -0.192. The van der Waals surface area contributed by atoms with Crippen LogP contribution in [0.5, 0.6) is 5.75 Å². The number of carbonyl (C=O) groups excluding carboxylic acids is 2. The van der Waals surface area contributed by atoms with Gasteiger partial charge in [0.05, 0.1) is 24.1 Å². The summed E-state index contributed by atoms with van der Waals surface area (Å²) in [5.41, 5.74) is 5.11. The summed E-state index contributed by atoms with van der Waals surface area (Å²) in [4.78, 5) is 22.3. The zero-order valence-corrected chi connectivity index (χ0v) is 12.8. The third-order valence-electron chi connectivity index (χ3n) is 2.38. The Morgan fingerprint density at radius 1 is 1.30 bits per heavy atom. The van der Waals surface area contributed by atoms with Crippen LogP contribution in [-0.4, -0.2) is 37.6 Å². The number of hydrogen-bond donors (Lipinski definition) is 3. The highest BCUT2D eigenvalue weighted by Crippen LogP contribution is 2.24. The Labute approximate surface area is 126 Å². The highest BCUT2D eigenvalue weighted by atomic mass is 79.9. The molecule has 0 spiro atoms. The molecule has 4 N–H and O–H groups in total. The first kappa shape index (κ1) is 16.5. The van der Waals surface area contributed by atoms with Crippen LogP contribution in [0.4, 0.5) is 0 Å². The Kier molecular flexibility index (Phi) is 7.03. The van der Waals surface area contributed by atoms with Gasteiger partial charge in [0.25, 0.3) is 0 Å². The molecule has 0 bridgehead atoms. The number of halogens is 1. The van der Waals surface area contributed by atoms with E-state index in [9.17, 15) is 9.59 Å². The van der Waals surface area contributed by atoms with Gasteiger partial charge in [0.15, 0.2) is 0 Å². The number of rotatable bonds is 7. The summed E-state index contributed by atoms with van der Waals surface area (Å²) >= 11 is 3.38. The lowest BCUT2D eigenvalue weighted by Crippen LogP contribution is -2.42. The molecular weight excluding hydrogens is 326 g/mol. The van der Waals surface area contributed by atoms with E-state index >= 15 is 0 Å². The average Bonchev–Trinajstić information content (AvgIpc) is 2.45. The largest absolute Gasteiger partial charge is 0.488 e. The fraction of sp³-hybridized carbons (Fsp3) is 0.385. The standard InChI is InChI=1S/C13H18BrN3O3/c1-9(20-11-5-3-2-4-10(11)14)7-16-13(19)8-17-12(18)6-15/h2-5,9H,6-8,15H2,1H3,(H,16,19)(H,17,18). The number of para-hydroxylation sites is 1. The number of nitrogens with two attached hydrogens (primary N) is 1. The third-order valence-corrected chi connectivity index (χ3v) is 3.04. The lowest BCUT2D eigenvalue weighted by Gasteiger charge is -2.16. The molecule has 0 aliphatic heterocycles. The fourth-order valence-corrected chi connectivity index (χ4v) is 1.75. The van der Waals surface area contributed by atoms with Crippen LogP contribution in [0.3, 0.4) is 0 Å². The van der Waals surface area contributed by atoms with Crippen molar-refractivity contribution < 1.29 is 14.3 Å². The van der Waals surface area contributed by atoms with Gasteiger partial charge in [-0.05, 0) is 35.0 Å². The van der Waals surface area contributed by atoms with Crippen LogP contribution in [-0.2, 0) is 9.59 Å². The van der Waals surface area contributed by atoms with Crippen molar-refractivity contribution in [3.8, 4) is 5.75 Å². The third kappa shape index (κ3) is 6.03. The zero-order chi connectivity index (χ0) is 15.0. The van der Waals surface area contributed by atoms with E-state index in [0.717, 1.165) is 4.47 Å². The van der Waals surface area contributed by atoms with E-state index in [1.807, 2.05) is 31.2 Å². The molecule has 1 rings (SSSR count). The van der Waals surface area contributed by atoms with Gasteiger partial charge < -0.3 is 21.1 Å². The normalized spacial score (nSPS) is 11.6. The van der Waals surface area contributed by atoms with Gasteiger partial charge >= 0.3 is 0 Å². The molecule has 20 heavy (non-hydrogen) atoms. The van der Waals surface area contributed by atoms with Crippen LogP contribution in [0.1, 0.15) is 6.92 Å². The quantitative estimate of drug-likeness (QED) is 0.668. The minimum atomic E-state index is -0.363. The van der Waals surface area contributed by atoms with Crippen LogP contribution < -0.4 is 21.1 Å². The van der Waals surface area contributed by atoms with Crippen LogP contribution in [0, 0.1) is 0 Å². The molecule has 110 valence electrons. The van der Waals surface area contributed by atoms with E-state index in [2.05, 4.69) is 26.6 Å². The minimum Gasteiger partial charge on any atom is -0.488 e. The Hall–Kier alpha value is -1.60. The summed E-state index contributed by atoms with van der Waals surface area (Å²) in [6.45, 7) is 1.98. The molecular formula is C13H18BrN3O3. The van der Waals surface area contributed by atoms with Crippen molar-refractivity contribution in [1.29, 1.82) is 0 Å². The van der Waals surface area contributed by atoms with Crippen molar-refractivity contribution in [3.63, 3.8) is 0 Å². The van der Waals surface area contributed by atoms with E-state index in [1.165, 1.54) is 0 Å². The summed E-state index contributed by atoms with van der Waals surface area (Å²) < 4.78 is 6.53. The van der Waals surface area contributed by atoms with Gasteiger partial charge in [-0.2, -0.15) is 0 Å². The van der Waals surface area contributed by atoms with Crippen molar-refractivity contribution in [2.24, 2.45) is 5.73 Å². The van der Waals surface area contributed by atoms with E-state index in [0.29, 0.717) is 12.3 Å². The second kappa shape index (κ2) is 8.55. The lowest BCUT2D eigenvalue weighted by atomic mass is 10.3. The van der Waals surface area contributed by atoms with Gasteiger partial charge in [0.1, 0.15) is 11.9 Å². The summed E-state index contributed by atoms with van der Waals surface area (Å²) in [6, 6.07) is 7.48. The molecule has 1 aromatic rings. The number of ether oxygens (including phenoxy) is 1. The first-order valence-corrected chi connectivity index (χ1v) is 6.97. The molecule has 0 saturated carbocycles. The number of amides is 2. The van der Waals surface area contributed by atoms with Crippen molar-refractivity contribution >= 4 is 27.7 Å². The zero-order valence-electron chi connectivity index (χ0n) is 11.2. The highest BCUT2D eigenvalue weighted by molar-refractivity contribution is 9.10. The Balaban J connectivity index is 2.29. The number of hydrogen-bond acceptors (Lipinski definition) is 4. The molecule has 1 aromatic carbocycles. The Bertz CT molecular complexity index is 468. The maximum atomic E-state index is 11.5. The van der Waals surface area contributed by atoms with Gasteiger partial charge in [0.2, 0.25) is 11.8 Å². The van der Waals surface area contributed by atoms with Gasteiger partial charge in [-0.15, -0.1) is 0 Å². The van der Waals surface area contributed by atoms with E-state index in [1.54, 1.807) is 0 Å². The number of carbonyl (C=O) groups is 2. The van der Waals surface area contributed by atoms with Gasteiger partial charge in [-0.1, -0.05) is 12.1 Å². The average molecular weight is 344 g/mol. The highest BCUT2D eigenvalue weighted by Gasteiger charge is 2.09. The van der Waals surface area contributed by atoms with E-state index < -0.39 is 0 Å². The van der Waals surface area contributed by atoms with Crippen LogP contribution >= 0.6 is 15.9 Å². The van der Waals surface area contributed by atoms with Gasteiger partial charge in [-0.3, -0.25) is 9.59 Å². The van der Waals surface area contributed by atoms with Gasteiger partial charge in [0, 0.05) is 0 Å². The smallest absolute Gasteiger partial charge is 0.239 e. The Morgan fingerprint density at radius 2 is 2.00 bits per heavy atom. The Morgan fingerprint density at radius 3 is 2.65 bits per heavy atom. The lowest BCUT2D eigenvalue weighted by molar-refractivity contribution is -0.125. The number of nitrogens with one attached hydrogen (secondary N) is 2. The summed E-state index contributed by atoms with van der Waals surface area (Å²) in [5.74, 6) is 0.0673. The first-order valence-electron chi connectivity index (χ1n) is 6.17. The van der Waals surface area contributed by atoms with Crippen molar-refractivity contribution in [1.82, 2.24) is 10.6 Å². The minimum absolute atomic E-state index is 0.0855. The molecule has 0 saturated heterocycles. The molecule has 6 nitrogen and oxygen atoms in total. The predicted octanol–water partition coefficient (Wildman–Crippen LogP) is 0.408. The van der Waals surface area contributed by atoms with E-state index in [-0.39, 0.29) is 31.0 Å². The maximum Gasteiger partial charge on any atom is 0.239 e. The first-order chi connectivity index (χ1) is 9.52. The molecule has 2 amide bonds. The van der Waals surface area contributed by atoms with E-state index in [4.69, 9.17) is 10.5 Å². The molecule has 1 atom stereocenters. The monoisotopic (exact) mass is 343 g/mol. The molecule has 0 aliphatic carbocycles. The maximum absolute atomic E-state index is 11.5. The molecule has 0 fully saturated rings. The summed E-state index contributed by atoms with van der Waals surface area (Å²) in [7, 11) is 0. The summed E-state index contributed by atoms with van der Waals surface area (Å²) in [5, 5.41) is 5.06. The molecule has 0 aliphatic rings. The SMILES string of the molecule is CC(CNC(=O)CNC(=O)CN)Oc1ccccc1Br. The van der Waals surface area contributed by atoms with Gasteiger partial charge in [-0.25, -0.2) is 0 Å². The predicted molar refractivity (Wildman–Crippen MR) is 79.3 cm³/mol. The number of benzene rings is 1. The molecule has 1 unspecified atom stereocenters. The molecule has 0 heterocycles. The molecule has 0 radical (unpaired) electrons. The van der Waals surface area contributed by atoms with Crippen molar-refractivity contribution in [3.05, 3.63) is 28.7 Å². The van der Waals surface area contributed by atoms with Crippen molar-refractivity contribution in [2.45, 2.75) is 13.0 Å². The topological polar surface area (TPSA) is 93.5 Å². The second-order valence-electron chi connectivity index (χ2n) is 4.14. The fourth-order valence-electron chi connectivity index (χ4n) is 1.37. The van der Waals surface area contributed by atoms with Crippen LogP contribution in [0.15, 0.2) is 28.7 Å². The molecule has 0 aromatic heterocycles. The van der Waals surface area contributed by atoms with Crippen LogP contribution in [0.25, 0.3) is 0 Å². The second-order valence-corrected chi connectivity index (χ2v) is 5.00. The van der Waals surface area contributed by atoms with Crippen molar-refractivity contribution in [2.75, 3.05) is 19.6 Å². The molecule has 7 heteroatoms.